The molecule has 4 nitrogen and oxygen atoms in total. The zero-order valence-corrected chi connectivity index (χ0v) is 11.0. The Hall–Kier alpha value is -2.43. The number of esters is 1. The van der Waals surface area contributed by atoms with E-state index in [4.69, 9.17) is 9.47 Å². The SMILES string of the molecule is CCOC(=O)c1c(F)cncc1OCc1ccccc1. The second kappa shape index (κ2) is 6.65. The Bertz CT molecular complexity index is 587. The lowest BCUT2D eigenvalue weighted by atomic mass is 10.2. The highest BCUT2D eigenvalue weighted by Gasteiger charge is 2.19. The Morgan fingerprint density at radius 2 is 2.00 bits per heavy atom. The van der Waals surface area contributed by atoms with Crippen molar-refractivity contribution in [1.82, 2.24) is 4.98 Å². The summed E-state index contributed by atoms with van der Waals surface area (Å²) < 4.78 is 24.0. The van der Waals surface area contributed by atoms with Crippen molar-refractivity contribution in [2.24, 2.45) is 0 Å². The zero-order valence-electron chi connectivity index (χ0n) is 11.0. The molecule has 2 aromatic rings. The normalized spacial score (nSPS) is 10.1. The molecule has 2 rings (SSSR count). The van der Waals surface area contributed by atoms with Crippen molar-refractivity contribution in [3.05, 3.63) is 59.7 Å². The largest absolute Gasteiger partial charge is 0.486 e. The van der Waals surface area contributed by atoms with Crippen LogP contribution in [0.4, 0.5) is 4.39 Å². The van der Waals surface area contributed by atoms with E-state index in [1.165, 1.54) is 6.20 Å². The van der Waals surface area contributed by atoms with E-state index in [0.29, 0.717) is 0 Å². The predicted molar refractivity (Wildman–Crippen MR) is 70.9 cm³/mol. The summed E-state index contributed by atoms with van der Waals surface area (Å²) >= 11 is 0. The van der Waals surface area contributed by atoms with E-state index in [-0.39, 0.29) is 24.5 Å². The number of aromatic nitrogens is 1. The van der Waals surface area contributed by atoms with E-state index >= 15 is 0 Å². The van der Waals surface area contributed by atoms with E-state index in [2.05, 4.69) is 4.98 Å². The van der Waals surface area contributed by atoms with Crippen LogP contribution in [-0.4, -0.2) is 17.6 Å². The fourth-order valence-corrected chi connectivity index (χ4v) is 1.66. The van der Waals surface area contributed by atoms with Gasteiger partial charge in [-0.2, -0.15) is 0 Å². The molecule has 0 aliphatic carbocycles. The molecule has 0 amide bonds. The molecule has 1 heterocycles. The van der Waals surface area contributed by atoms with Crippen LogP contribution in [0.1, 0.15) is 22.8 Å². The van der Waals surface area contributed by atoms with Crippen molar-refractivity contribution in [1.29, 1.82) is 0 Å². The number of carbonyl (C=O) groups excluding carboxylic acids is 1. The summed E-state index contributed by atoms with van der Waals surface area (Å²) in [4.78, 5) is 15.4. The molecule has 0 aliphatic rings. The highest BCUT2D eigenvalue weighted by atomic mass is 19.1. The van der Waals surface area contributed by atoms with Crippen LogP contribution in [0.5, 0.6) is 5.75 Å². The lowest BCUT2D eigenvalue weighted by molar-refractivity contribution is 0.0515. The van der Waals surface area contributed by atoms with Crippen LogP contribution in [0.25, 0.3) is 0 Å². The number of nitrogens with zero attached hydrogens (tertiary/aromatic N) is 1. The van der Waals surface area contributed by atoms with Crippen molar-refractivity contribution in [3.63, 3.8) is 0 Å². The summed E-state index contributed by atoms with van der Waals surface area (Å²) in [6.45, 7) is 2.04. The zero-order chi connectivity index (χ0) is 14.4. The van der Waals surface area contributed by atoms with Gasteiger partial charge in [-0.1, -0.05) is 30.3 Å². The van der Waals surface area contributed by atoms with Gasteiger partial charge >= 0.3 is 5.97 Å². The van der Waals surface area contributed by atoms with Gasteiger partial charge in [-0.3, -0.25) is 4.98 Å². The Morgan fingerprint density at radius 3 is 2.70 bits per heavy atom. The number of rotatable bonds is 5. The molecule has 1 aromatic carbocycles. The molecule has 0 spiro atoms. The van der Waals surface area contributed by atoms with Crippen LogP contribution in [0.2, 0.25) is 0 Å². The Labute approximate surface area is 116 Å². The van der Waals surface area contributed by atoms with Gasteiger partial charge < -0.3 is 9.47 Å². The molecule has 104 valence electrons. The summed E-state index contributed by atoms with van der Waals surface area (Å²) in [6.07, 6.45) is 2.26. The van der Waals surface area contributed by atoms with Crippen molar-refractivity contribution in [2.75, 3.05) is 6.61 Å². The molecule has 0 bridgehead atoms. The lowest BCUT2D eigenvalue weighted by Gasteiger charge is -2.11. The van der Waals surface area contributed by atoms with Gasteiger partial charge in [0.15, 0.2) is 11.6 Å². The number of halogens is 1. The Balaban J connectivity index is 2.19. The maximum atomic E-state index is 13.7. The van der Waals surface area contributed by atoms with Crippen LogP contribution in [0.3, 0.4) is 0 Å². The van der Waals surface area contributed by atoms with Crippen LogP contribution < -0.4 is 4.74 Å². The molecular formula is C15H14FNO3. The number of pyridine rings is 1. The number of carbonyl (C=O) groups is 1. The van der Waals surface area contributed by atoms with Gasteiger partial charge in [-0.25, -0.2) is 9.18 Å². The molecule has 0 saturated carbocycles. The average molecular weight is 275 g/mol. The second-order valence-electron chi connectivity index (χ2n) is 3.99. The number of ether oxygens (including phenoxy) is 2. The molecule has 1 aromatic heterocycles. The summed E-state index contributed by atoms with van der Waals surface area (Å²) in [5.41, 5.74) is 0.685. The smallest absolute Gasteiger partial charge is 0.345 e. The summed E-state index contributed by atoms with van der Waals surface area (Å²) in [5, 5.41) is 0. The van der Waals surface area contributed by atoms with Gasteiger partial charge in [0.1, 0.15) is 12.2 Å². The molecule has 0 aliphatic heterocycles. The quantitative estimate of drug-likeness (QED) is 0.787. The molecule has 0 N–H and O–H groups in total. The van der Waals surface area contributed by atoms with Gasteiger partial charge in [-0.15, -0.1) is 0 Å². The lowest BCUT2D eigenvalue weighted by Crippen LogP contribution is -2.11. The predicted octanol–water partition coefficient (Wildman–Crippen LogP) is 2.98. The Kier molecular flexibility index (Phi) is 4.65. The van der Waals surface area contributed by atoms with Crippen molar-refractivity contribution < 1.29 is 18.7 Å². The van der Waals surface area contributed by atoms with Crippen LogP contribution >= 0.6 is 0 Å². The van der Waals surface area contributed by atoms with E-state index < -0.39 is 11.8 Å². The summed E-state index contributed by atoms with van der Waals surface area (Å²) in [7, 11) is 0. The fourth-order valence-electron chi connectivity index (χ4n) is 1.66. The number of hydrogen-bond donors (Lipinski definition) is 0. The standard InChI is InChI=1S/C15H14FNO3/c1-2-19-15(18)14-12(16)8-17-9-13(14)20-10-11-6-4-3-5-7-11/h3-9H,2,10H2,1H3. The maximum Gasteiger partial charge on any atom is 0.345 e. The van der Waals surface area contributed by atoms with Crippen LogP contribution in [0.15, 0.2) is 42.7 Å². The van der Waals surface area contributed by atoms with Crippen molar-refractivity contribution in [3.8, 4) is 5.75 Å². The third kappa shape index (κ3) is 3.32. The molecular weight excluding hydrogens is 261 g/mol. The van der Waals surface area contributed by atoms with Gasteiger partial charge in [0.05, 0.1) is 19.0 Å². The fraction of sp³-hybridized carbons (Fsp3) is 0.200. The topological polar surface area (TPSA) is 48.4 Å². The van der Waals surface area contributed by atoms with E-state index in [0.717, 1.165) is 11.8 Å². The monoisotopic (exact) mass is 275 g/mol. The third-order valence-electron chi connectivity index (χ3n) is 2.58. The van der Waals surface area contributed by atoms with Gasteiger partial charge in [0.2, 0.25) is 0 Å². The first-order valence-corrected chi connectivity index (χ1v) is 6.19. The van der Waals surface area contributed by atoms with E-state index in [9.17, 15) is 9.18 Å². The molecule has 5 heteroatoms. The molecule has 0 atom stereocenters. The number of benzene rings is 1. The van der Waals surface area contributed by atoms with Gasteiger partial charge in [0, 0.05) is 0 Å². The van der Waals surface area contributed by atoms with Crippen molar-refractivity contribution >= 4 is 5.97 Å². The molecule has 0 radical (unpaired) electrons. The highest BCUT2D eigenvalue weighted by Crippen LogP contribution is 2.22. The third-order valence-corrected chi connectivity index (χ3v) is 2.58. The maximum absolute atomic E-state index is 13.7. The number of hydrogen-bond acceptors (Lipinski definition) is 4. The first-order valence-electron chi connectivity index (χ1n) is 6.19. The minimum absolute atomic E-state index is 0.0762. The minimum atomic E-state index is -0.756. The second-order valence-corrected chi connectivity index (χ2v) is 3.99. The van der Waals surface area contributed by atoms with E-state index in [1.807, 2.05) is 30.3 Å². The Morgan fingerprint density at radius 1 is 1.25 bits per heavy atom. The summed E-state index contributed by atoms with van der Waals surface area (Å²) in [6, 6.07) is 9.37. The van der Waals surface area contributed by atoms with Crippen molar-refractivity contribution in [2.45, 2.75) is 13.5 Å². The molecule has 0 fully saturated rings. The minimum Gasteiger partial charge on any atom is -0.486 e. The van der Waals surface area contributed by atoms with Crippen LogP contribution in [0, 0.1) is 5.82 Å². The highest BCUT2D eigenvalue weighted by molar-refractivity contribution is 5.92. The van der Waals surface area contributed by atoms with E-state index in [1.54, 1.807) is 6.92 Å². The first-order chi connectivity index (χ1) is 9.72. The first kappa shape index (κ1) is 14.0. The molecule has 0 saturated heterocycles. The average Bonchev–Trinajstić information content (AvgIpc) is 2.46. The van der Waals surface area contributed by atoms with Gasteiger partial charge in [-0.05, 0) is 12.5 Å². The van der Waals surface area contributed by atoms with Gasteiger partial charge in [0.25, 0.3) is 0 Å². The molecule has 0 unspecified atom stereocenters. The van der Waals surface area contributed by atoms with Crippen LogP contribution in [-0.2, 0) is 11.3 Å². The summed E-state index contributed by atoms with van der Waals surface area (Å²) in [5.74, 6) is -1.43. The molecule has 20 heavy (non-hydrogen) atoms.